The van der Waals surface area contributed by atoms with Crippen molar-refractivity contribution in [3.63, 3.8) is 0 Å². The van der Waals surface area contributed by atoms with Crippen molar-refractivity contribution < 1.29 is 4.39 Å². The van der Waals surface area contributed by atoms with Gasteiger partial charge in [-0.15, -0.1) is 11.3 Å². The number of aromatic nitrogens is 1. The Kier molecular flexibility index (Phi) is 4.28. The van der Waals surface area contributed by atoms with E-state index in [0.717, 1.165) is 29.5 Å². The van der Waals surface area contributed by atoms with Crippen molar-refractivity contribution in [2.24, 2.45) is 5.73 Å². The second-order valence-corrected chi connectivity index (χ2v) is 4.87. The molecule has 0 spiro atoms. The highest BCUT2D eigenvalue weighted by molar-refractivity contribution is 7.09. The Morgan fingerprint density at radius 2 is 2.06 bits per heavy atom. The molecule has 2 aromatic rings. The van der Waals surface area contributed by atoms with Crippen molar-refractivity contribution in [2.45, 2.75) is 20.0 Å². The molecule has 0 aliphatic carbocycles. The van der Waals surface area contributed by atoms with E-state index >= 15 is 0 Å². The van der Waals surface area contributed by atoms with Gasteiger partial charge in [-0.25, -0.2) is 9.37 Å². The highest BCUT2D eigenvalue weighted by Gasteiger charge is 2.08. The molecule has 1 heterocycles. The van der Waals surface area contributed by atoms with E-state index in [4.69, 9.17) is 5.73 Å². The first-order valence-corrected chi connectivity index (χ1v) is 6.74. The van der Waals surface area contributed by atoms with Gasteiger partial charge in [0.15, 0.2) is 0 Å². The van der Waals surface area contributed by atoms with Crippen LogP contribution in [0.3, 0.4) is 0 Å². The van der Waals surface area contributed by atoms with Crippen LogP contribution < -0.4 is 10.6 Å². The maximum atomic E-state index is 12.9. The Balaban J connectivity index is 2.11. The summed E-state index contributed by atoms with van der Waals surface area (Å²) in [5, 5.41) is 2.97. The summed E-state index contributed by atoms with van der Waals surface area (Å²) in [4.78, 5) is 6.58. The molecule has 0 atom stereocenters. The number of nitrogens with two attached hydrogens (primary N) is 1. The van der Waals surface area contributed by atoms with Crippen LogP contribution in [0.15, 0.2) is 29.6 Å². The highest BCUT2D eigenvalue weighted by atomic mass is 32.1. The third-order valence-corrected chi connectivity index (χ3v) is 3.62. The first-order valence-electron chi connectivity index (χ1n) is 5.86. The zero-order valence-electron chi connectivity index (χ0n) is 10.3. The smallest absolute Gasteiger partial charge is 0.123 e. The maximum absolute atomic E-state index is 12.9. The van der Waals surface area contributed by atoms with Gasteiger partial charge in [0.05, 0.1) is 12.2 Å². The standard InChI is InChI=1S/C13H16FN3S/c1-2-17(12-5-3-10(14)4-6-12)8-11-9-18-13(7-15)16-11/h3-6,9H,2,7-8,15H2,1H3. The summed E-state index contributed by atoms with van der Waals surface area (Å²) >= 11 is 1.58. The first-order chi connectivity index (χ1) is 8.72. The first kappa shape index (κ1) is 13.0. The monoisotopic (exact) mass is 265 g/mol. The number of anilines is 1. The van der Waals surface area contributed by atoms with Gasteiger partial charge >= 0.3 is 0 Å². The summed E-state index contributed by atoms with van der Waals surface area (Å²) in [6.45, 7) is 4.12. The van der Waals surface area contributed by atoms with Crippen LogP contribution in [0.25, 0.3) is 0 Å². The number of rotatable bonds is 5. The molecule has 0 fully saturated rings. The van der Waals surface area contributed by atoms with E-state index in [0.29, 0.717) is 6.54 Å². The molecule has 96 valence electrons. The molecule has 0 saturated heterocycles. The maximum Gasteiger partial charge on any atom is 0.123 e. The second kappa shape index (κ2) is 5.93. The van der Waals surface area contributed by atoms with E-state index in [1.807, 2.05) is 5.38 Å². The van der Waals surface area contributed by atoms with Crippen LogP contribution in [0.1, 0.15) is 17.6 Å². The molecule has 0 bridgehead atoms. The number of thiazole rings is 1. The van der Waals surface area contributed by atoms with Gasteiger partial charge in [-0.05, 0) is 31.2 Å². The largest absolute Gasteiger partial charge is 0.366 e. The fourth-order valence-electron chi connectivity index (χ4n) is 1.75. The van der Waals surface area contributed by atoms with E-state index in [9.17, 15) is 4.39 Å². The molecule has 0 aliphatic heterocycles. The minimum absolute atomic E-state index is 0.214. The molecule has 0 amide bonds. The van der Waals surface area contributed by atoms with E-state index in [2.05, 4.69) is 16.8 Å². The zero-order chi connectivity index (χ0) is 13.0. The van der Waals surface area contributed by atoms with Gasteiger partial charge in [-0.3, -0.25) is 0 Å². The Hall–Kier alpha value is -1.46. The van der Waals surface area contributed by atoms with Crippen LogP contribution in [-0.2, 0) is 13.1 Å². The Labute approximate surface area is 110 Å². The fourth-order valence-corrected chi connectivity index (χ4v) is 2.41. The SMILES string of the molecule is CCN(Cc1csc(CN)n1)c1ccc(F)cc1. The van der Waals surface area contributed by atoms with Crippen molar-refractivity contribution in [3.05, 3.63) is 46.2 Å². The third-order valence-electron chi connectivity index (χ3n) is 2.70. The van der Waals surface area contributed by atoms with E-state index < -0.39 is 0 Å². The molecule has 3 nitrogen and oxygen atoms in total. The summed E-state index contributed by atoms with van der Waals surface area (Å²) in [7, 11) is 0. The number of nitrogens with zero attached hydrogens (tertiary/aromatic N) is 2. The topological polar surface area (TPSA) is 42.1 Å². The molecule has 0 aliphatic rings. The fraction of sp³-hybridized carbons (Fsp3) is 0.308. The molecule has 1 aromatic heterocycles. The molecule has 0 saturated carbocycles. The Morgan fingerprint density at radius 1 is 1.33 bits per heavy atom. The van der Waals surface area contributed by atoms with Gasteiger partial charge in [0.1, 0.15) is 10.8 Å². The van der Waals surface area contributed by atoms with Gasteiger partial charge in [-0.2, -0.15) is 0 Å². The average molecular weight is 265 g/mol. The van der Waals surface area contributed by atoms with Crippen molar-refractivity contribution in [2.75, 3.05) is 11.4 Å². The van der Waals surface area contributed by atoms with Crippen LogP contribution >= 0.6 is 11.3 Å². The minimum Gasteiger partial charge on any atom is -0.366 e. The van der Waals surface area contributed by atoms with Gasteiger partial charge in [0, 0.05) is 24.2 Å². The lowest BCUT2D eigenvalue weighted by atomic mass is 10.2. The summed E-state index contributed by atoms with van der Waals surface area (Å²) in [5.41, 5.74) is 7.55. The van der Waals surface area contributed by atoms with Gasteiger partial charge in [-0.1, -0.05) is 0 Å². The molecule has 18 heavy (non-hydrogen) atoms. The molecule has 0 unspecified atom stereocenters. The molecule has 1 aromatic carbocycles. The van der Waals surface area contributed by atoms with Crippen LogP contribution in [0.4, 0.5) is 10.1 Å². The third kappa shape index (κ3) is 3.05. The molecule has 5 heteroatoms. The van der Waals surface area contributed by atoms with E-state index in [1.165, 1.54) is 12.1 Å². The van der Waals surface area contributed by atoms with Crippen molar-refractivity contribution in [1.82, 2.24) is 4.98 Å². The quantitative estimate of drug-likeness (QED) is 0.904. The summed E-state index contributed by atoms with van der Waals surface area (Å²) in [6.07, 6.45) is 0. The van der Waals surface area contributed by atoms with Crippen LogP contribution in [0.5, 0.6) is 0 Å². The van der Waals surface area contributed by atoms with Gasteiger partial charge < -0.3 is 10.6 Å². The van der Waals surface area contributed by atoms with Crippen LogP contribution in [0.2, 0.25) is 0 Å². The second-order valence-electron chi connectivity index (χ2n) is 3.93. The molecule has 2 rings (SSSR count). The Bertz CT molecular complexity index is 495. The summed E-state index contributed by atoms with van der Waals surface area (Å²) in [6, 6.07) is 6.53. The van der Waals surface area contributed by atoms with Crippen LogP contribution in [-0.4, -0.2) is 11.5 Å². The molecular weight excluding hydrogens is 249 g/mol. The number of hydrogen-bond donors (Lipinski definition) is 1. The number of hydrogen-bond acceptors (Lipinski definition) is 4. The zero-order valence-corrected chi connectivity index (χ0v) is 11.1. The summed E-state index contributed by atoms with van der Waals surface area (Å²) in [5.74, 6) is -0.214. The lowest BCUT2D eigenvalue weighted by Gasteiger charge is -2.22. The van der Waals surface area contributed by atoms with E-state index in [1.54, 1.807) is 23.5 Å². The molecule has 2 N–H and O–H groups in total. The number of halogens is 1. The average Bonchev–Trinajstić information content (AvgIpc) is 2.85. The van der Waals surface area contributed by atoms with Crippen molar-refractivity contribution in [3.8, 4) is 0 Å². The van der Waals surface area contributed by atoms with Gasteiger partial charge in [0.25, 0.3) is 0 Å². The predicted octanol–water partition coefficient (Wildman–Crippen LogP) is 2.77. The molecular formula is C13H16FN3S. The highest BCUT2D eigenvalue weighted by Crippen LogP contribution is 2.18. The lowest BCUT2D eigenvalue weighted by Crippen LogP contribution is -2.22. The Morgan fingerprint density at radius 3 is 2.61 bits per heavy atom. The summed E-state index contributed by atoms with van der Waals surface area (Å²) < 4.78 is 12.9. The number of benzene rings is 1. The normalized spacial score (nSPS) is 10.6. The lowest BCUT2D eigenvalue weighted by molar-refractivity contribution is 0.627. The van der Waals surface area contributed by atoms with Crippen molar-refractivity contribution >= 4 is 17.0 Å². The van der Waals surface area contributed by atoms with E-state index in [-0.39, 0.29) is 5.82 Å². The van der Waals surface area contributed by atoms with Crippen LogP contribution in [0, 0.1) is 5.82 Å². The molecule has 0 radical (unpaired) electrons. The minimum atomic E-state index is -0.214. The predicted molar refractivity (Wildman–Crippen MR) is 73.1 cm³/mol. The van der Waals surface area contributed by atoms with Crippen molar-refractivity contribution in [1.29, 1.82) is 0 Å². The van der Waals surface area contributed by atoms with Gasteiger partial charge in [0.2, 0.25) is 0 Å².